The molecule has 2 aromatic heterocycles. The zero-order valence-corrected chi connectivity index (χ0v) is 17.9. The average molecular weight is 416 g/mol. The molecule has 1 N–H and O–H groups in total. The minimum atomic E-state index is 0.0376. The van der Waals surface area contributed by atoms with E-state index in [0.29, 0.717) is 31.9 Å². The van der Waals surface area contributed by atoms with Crippen molar-refractivity contribution in [3.05, 3.63) is 52.9 Å². The van der Waals surface area contributed by atoms with Crippen molar-refractivity contribution in [3.63, 3.8) is 0 Å². The van der Waals surface area contributed by atoms with Crippen LogP contribution in [0.3, 0.4) is 0 Å². The van der Waals surface area contributed by atoms with Gasteiger partial charge in [0, 0.05) is 59.3 Å². The highest BCUT2D eigenvalue weighted by atomic mass is 16.5. The zero-order chi connectivity index (χ0) is 21.5. The highest BCUT2D eigenvalue weighted by Gasteiger charge is 2.20. The molecule has 31 heavy (non-hydrogen) atoms. The number of aryl methyl sites for hydroxylation is 2. The molecule has 1 amide bonds. The lowest BCUT2D eigenvalue weighted by Gasteiger charge is -2.26. The summed E-state index contributed by atoms with van der Waals surface area (Å²) in [6.45, 7) is 6.30. The molecule has 0 aliphatic carbocycles. The van der Waals surface area contributed by atoms with E-state index < -0.39 is 0 Å². The predicted molar refractivity (Wildman–Crippen MR) is 121 cm³/mol. The summed E-state index contributed by atoms with van der Waals surface area (Å²) >= 11 is 0. The molecule has 3 heterocycles. The van der Waals surface area contributed by atoms with E-state index in [4.69, 9.17) is 9.26 Å². The van der Waals surface area contributed by atoms with Gasteiger partial charge in [0.1, 0.15) is 5.76 Å². The van der Waals surface area contributed by atoms with E-state index >= 15 is 0 Å². The smallest absolute Gasteiger partial charge is 0.254 e. The van der Waals surface area contributed by atoms with Crippen LogP contribution in [0.2, 0.25) is 0 Å². The minimum Gasteiger partial charge on any atom is -0.378 e. The van der Waals surface area contributed by atoms with Gasteiger partial charge in [-0.25, -0.2) is 0 Å². The first kappa shape index (κ1) is 19.5. The van der Waals surface area contributed by atoms with Gasteiger partial charge in [-0.05, 0) is 43.7 Å². The molecule has 7 nitrogen and oxygen atoms in total. The van der Waals surface area contributed by atoms with Crippen molar-refractivity contribution < 1.29 is 14.1 Å². The average Bonchev–Trinajstić information content (AvgIpc) is 3.33. The minimum absolute atomic E-state index is 0.0376. The highest BCUT2D eigenvalue weighted by molar-refractivity contribution is 6.15. The number of benzene rings is 2. The lowest BCUT2D eigenvalue weighted by Crippen LogP contribution is -2.40. The fourth-order valence-electron chi connectivity index (χ4n) is 4.40. The first-order valence-corrected chi connectivity index (χ1v) is 10.4. The summed E-state index contributed by atoms with van der Waals surface area (Å²) in [6, 6.07) is 10.1. The Kier molecular flexibility index (Phi) is 4.82. The first-order chi connectivity index (χ1) is 15.1. The molecule has 0 saturated carbocycles. The summed E-state index contributed by atoms with van der Waals surface area (Å²) in [5.74, 6) is 0.824. The number of rotatable bonds is 3. The Hall–Kier alpha value is -3.45. The molecule has 0 bridgehead atoms. The monoisotopic (exact) mass is 416 g/mol. The Morgan fingerprint density at radius 1 is 1.16 bits per heavy atom. The highest BCUT2D eigenvalue weighted by Crippen LogP contribution is 2.35. The molecule has 1 saturated heterocycles. The van der Waals surface area contributed by atoms with Crippen molar-refractivity contribution in [1.82, 2.24) is 15.0 Å². The van der Waals surface area contributed by atoms with Gasteiger partial charge in [-0.2, -0.15) is 0 Å². The molecule has 0 radical (unpaired) electrons. The van der Waals surface area contributed by atoms with Gasteiger partial charge in [-0.3, -0.25) is 9.79 Å². The fraction of sp³-hybridized carbons (Fsp3) is 0.292. The second-order valence-electron chi connectivity index (χ2n) is 7.86. The zero-order valence-electron chi connectivity index (χ0n) is 17.9. The van der Waals surface area contributed by atoms with Crippen LogP contribution in [-0.4, -0.2) is 60.5 Å². The van der Waals surface area contributed by atoms with Gasteiger partial charge in [0.05, 0.1) is 24.4 Å². The SMILES string of the molecule is CN=Cc1cc(-c2c(C)noc2C)cc2c1[nH]c1cc(C(=O)N3CCOCC3)ccc12. The Balaban J connectivity index is 1.67. The molecule has 5 rings (SSSR count). The number of carbonyl (C=O) groups is 1. The summed E-state index contributed by atoms with van der Waals surface area (Å²) in [6.07, 6.45) is 1.85. The Morgan fingerprint density at radius 3 is 2.68 bits per heavy atom. The number of nitrogens with zero attached hydrogens (tertiary/aromatic N) is 3. The third-order valence-electron chi connectivity index (χ3n) is 5.87. The third-order valence-corrected chi connectivity index (χ3v) is 5.87. The van der Waals surface area contributed by atoms with E-state index in [0.717, 1.165) is 50.0 Å². The number of aliphatic imine (C=N–C) groups is 1. The summed E-state index contributed by atoms with van der Waals surface area (Å²) in [4.78, 5) is 22.5. The number of aromatic nitrogens is 2. The summed E-state index contributed by atoms with van der Waals surface area (Å²) < 4.78 is 10.8. The van der Waals surface area contributed by atoms with Gasteiger partial charge in [0.15, 0.2) is 0 Å². The molecule has 4 aromatic rings. The maximum atomic E-state index is 12.9. The van der Waals surface area contributed by atoms with Crippen LogP contribution in [-0.2, 0) is 4.74 Å². The van der Waals surface area contributed by atoms with Crippen LogP contribution in [0.1, 0.15) is 27.4 Å². The lowest BCUT2D eigenvalue weighted by atomic mass is 9.98. The van der Waals surface area contributed by atoms with Crippen LogP contribution < -0.4 is 0 Å². The van der Waals surface area contributed by atoms with Crippen molar-refractivity contribution in [2.75, 3.05) is 33.4 Å². The topological polar surface area (TPSA) is 83.7 Å². The molecule has 158 valence electrons. The van der Waals surface area contributed by atoms with Crippen LogP contribution >= 0.6 is 0 Å². The second-order valence-corrected chi connectivity index (χ2v) is 7.86. The van der Waals surface area contributed by atoms with Crippen molar-refractivity contribution in [3.8, 4) is 11.1 Å². The number of nitrogens with one attached hydrogen (secondary N) is 1. The molecule has 0 unspecified atom stereocenters. The van der Waals surface area contributed by atoms with Gasteiger partial charge in [-0.1, -0.05) is 11.2 Å². The van der Waals surface area contributed by atoms with Crippen molar-refractivity contribution in [1.29, 1.82) is 0 Å². The second kappa shape index (κ2) is 7.67. The van der Waals surface area contributed by atoms with Crippen LogP contribution in [0, 0.1) is 13.8 Å². The van der Waals surface area contributed by atoms with E-state index in [1.54, 1.807) is 7.05 Å². The Bertz CT molecular complexity index is 1310. The third kappa shape index (κ3) is 3.31. The van der Waals surface area contributed by atoms with E-state index in [9.17, 15) is 4.79 Å². The standard InChI is InChI=1S/C24H24N4O3/c1-14-22(15(2)31-27-14)17-10-18(13-25-3)23-20(11-17)19-5-4-16(12-21(19)26-23)24(29)28-6-8-30-9-7-28/h4-5,10-13,26H,6-9H2,1-3H3. The maximum absolute atomic E-state index is 12.9. The number of H-pyrrole nitrogens is 1. The quantitative estimate of drug-likeness (QED) is 0.510. The van der Waals surface area contributed by atoms with Gasteiger partial charge in [0.2, 0.25) is 0 Å². The molecule has 1 aliphatic rings. The van der Waals surface area contributed by atoms with E-state index in [2.05, 4.69) is 27.3 Å². The van der Waals surface area contributed by atoms with Crippen molar-refractivity contribution >= 4 is 33.9 Å². The number of fused-ring (bicyclic) bond motifs is 3. The molecule has 0 spiro atoms. The molecular formula is C24H24N4O3. The molecule has 0 atom stereocenters. The number of hydrogen-bond acceptors (Lipinski definition) is 5. The van der Waals surface area contributed by atoms with Crippen molar-refractivity contribution in [2.24, 2.45) is 4.99 Å². The summed E-state index contributed by atoms with van der Waals surface area (Å²) in [7, 11) is 1.76. The summed E-state index contributed by atoms with van der Waals surface area (Å²) in [5.41, 5.74) is 6.47. The van der Waals surface area contributed by atoms with Crippen LogP contribution in [0.25, 0.3) is 32.9 Å². The number of ether oxygens (including phenoxy) is 1. The van der Waals surface area contributed by atoms with E-state index in [-0.39, 0.29) is 5.91 Å². The molecular weight excluding hydrogens is 392 g/mol. The normalized spacial score (nSPS) is 14.9. The van der Waals surface area contributed by atoms with Gasteiger partial charge in [0.25, 0.3) is 5.91 Å². The van der Waals surface area contributed by atoms with Crippen LogP contribution in [0.5, 0.6) is 0 Å². The van der Waals surface area contributed by atoms with E-state index in [1.807, 2.05) is 43.2 Å². The molecule has 1 fully saturated rings. The van der Waals surface area contributed by atoms with E-state index in [1.165, 1.54) is 0 Å². The van der Waals surface area contributed by atoms with Gasteiger partial charge >= 0.3 is 0 Å². The molecule has 1 aliphatic heterocycles. The number of amides is 1. The lowest BCUT2D eigenvalue weighted by molar-refractivity contribution is 0.0303. The number of morpholine rings is 1. The Labute approximate surface area is 179 Å². The van der Waals surface area contributed by atoms with Crippen molar-refractivity contribution in [2.45, 2.75) is 13.8 Å². The van der Waals surface area contributed by atoms with Gasteiger partial charge < -0.3 is 19.1 Å². The van der Waals surface area contributed by atoms with Gasteiger partial charge in [-0.15, -0.1) is 0 Å². The predicted octanol–water partition coefficient (Wildman–Crippen LogP) is 4.11. The number of hydrogen-bond donors (Lipinski definition) is 1. The summed E-state index contributed by atoms with van der Waals surface area (Å²) in [5, 5.41) is 6.25. The number of carbonyl (C=O) groups excluding carboxylic acids is 1. The van der Waals surface area contributed by atoms with Crippen LogP contribution in [0.15, 0.2) is 39.8 Å². The fourth-order valence-corrected chi connectivity index (χ4v) is 4.40. The Morgan fingerprint density at radius 2 is 1.97 bits per heavy atom. The number of aromatic amines is 1. The maximum Gasteiger partial charge on any atom is 0.254 e. The van der Waals surface area contributed by atoms with Crippen LogP contribution in [0.4, 0.5) is 0 Å². The molecule has 7 heteroatoms. The first-order valence-electron chi connectivity index (χ1n) is 10.4. The molecule has 2 aromatic carbocycles. The largest absolute Gasteiger partial charge is 0.378 e.